The summed E-state index contributed by atoms with van der Waals surface area (Å²) in [7, 11) is 0. The largest absolute Gasteiger partial charge is 0.348 e. The van der Waals surface area contributed by atoms with Gasteiger partial charge in [-0.15, -0.1) is 11.3 Å². The number of hydrogen-bond acceptors (Lipinski definition) is 4. The van der Waals surface area contributed by atoms with E-state index in [1.807, 2.05) is 18.5 Å². The van der Waals surface area contributed by atoms with Gasteiger partial charge in [0, 0.05) is 35.9 Å². The zero-order valence-corrected chi connectivity index (χ0v) is 13.7. The first kappa shape index (κ1) is 14.2. The topological polar surface area (TPSA) is 44.8 Å². The number of aromatic nitrogens is 3. The molecule has 1 aliphatic rings. The van der Waals surface area contributed by atoms with E-state index in [0.717, 1.165) is 30.2 Å². The highest BCUT2D eigenvalue weighted by Crippen LogP contribution is 2.32. The highest BCUT2D eigenvalue weighted by atomic mass is 35.5. The molecule has 0 spiro atoms. The molecule has 6 heteroatoms. The summed E-state index contributed by atoms with van der Waals surface area (Å²) in [5.74, 6) is 1.71. The summed E-state index contributed by atoms with van der Waals surface area (Å²) in [6.45, 7) is 3.23. The van der Waals surface area contributed by atoms with Gasteiger partial charge in [-0.1, -0.05) is 11.6 Å². The number of rotatable bonds is 3. The lowest BCUT2D eigenvalue weighted by Gasteiger charge is -2.30. The van der Waals surface area contributed by atoms with Crippen LogP contribution in [0.3, 0.4) is 0 Å². The van der Waals surface area contributed by atoms with Crippen LogP contribution in [0.2, 0.25) is 5.15 Å². The van der Waals surface area contributed by atoms with Crippen molar-refractivity contribution < 1.29 is 0 Å². The molecule has 0 radical (unpaired) electrons. The first-order valence-corrected chi connectivity index (χ1v) is 8.73. The van der Waals surface area contributed by atoms with Crippen LogP contribution >= 0.6 is 22.9 Å². The second kappa shape index (κ2) is 5.99. The van der Waals surface area contributed by atoms with Crippen LogP contribution in [0.5, 0.6) is 0 Å². The molecular weight excluding hydrogens is 316 g/mol. The summed E-state index contributed by atoms with van der Waals surface area (Å²) in [4.78, 5) is 15.7. The molecule has 4 nitrogen and oxygen atoms in total. The van der Waals surface area contributed by atoms with E-state index in [1.165, 1.54) is 23.1 Å². The lowest BCUT2D eigenvalue weighted by atomic mass is 9.96. The number of piperidine rings is 1. The van der Waals surface area contributed by atoms with Crippen LogP contribution in [-0.2, 0) is 6.54 Å². The van der Waals surface area contributed by atoms with E-state index in [4.69, 9.17) is 11.6 Å². The Labute approximate surface area is 138 Å². The zero-order valence-electron chi connectivity index (χ0n) is 12.1. The average Bonchev–Trinajstić information content (AvgIpc) is 3.18. The van der Waals surface area contributed by atoms with Crippen molar-refractivity contribution in [3.8, 4) is 0 Å². The number of imidazole rings is 1. The molecule has 0 aliphatic carbocycles. The van der Waals surface area contributed by atoms with Crippen molar-refractivity contribution >= 4 is 33.0 Å². The number of aromatic amines is 1. The fourth-order valence-corrected chi connectivity index (χ4v) is 4.51. The Kier molecular flexibility index (Phi) is 3.86. The highest BCUT2D eigenvalue weighted by molar-refractivity contribution is 7.19. The van der Waals surface area contributed by atoms with Gasteiger partial charge in [0.15, 0.2) is 0 Å². The SMILES string of the molecule is Clc1nccc2cc(CN3CCC(c4ncc[nH]4)CC3)sc12. The number of fused-ring (bicyclic) bond motifs is 1. The second-order valence-electron chi connectivity index (χ2n) is 5.76. The maximum atomic E-state index is 6.16. The molecule has 3 aromatic rings. The molecule has 4 heterocycles. The Hall–Kier alpha value is -1.43. The fraction of sp³-hybridized carbons (Fsp3) is 0.375. The van der Waals surface area contributed by atoms with Crippen LogP contribution in [0.15, 0.2) is 30.7 Å². The minimum atomic E-state index is 0.576. The van der Waals surface area contributed by atoms with Crippen molar-refractivity contribution in [1.82, 2.24) is 19.9 Å². The van der Waals surface area contributed by atoms with Gasteiger partial charge in [0.2, 0.25) is 0 Å². The van der Waals surface area contributed by atoms with Crippen molar-refractivity contribution in [1.29, 1.82) is 0 Å². The number of hydrogen-bond donors (Lipinski definition) is 1. The van der Waals surface area contributed by atoms with Crippen LogP contribution in [-0.4, -0.2) is 32.9 Å². The summed E-state index contributed by atoms with van der Waals surface area (Å²) in [5, 5.41) is 1.82. The third kappa shape index (κ3) is 2.76. The van der Waals surface area contributed by atoms with E-state index in [0.29, 0.717) is 11.1 Å². The maximum Gasteiger partial charge on any atom is 0.146 e. The van der Waals surface area contributed by atoms with Crippen molar-refractivity contribution in [3.63, 3.8) is 0 Å². The lowest BCUT2D eigenvalue weighted by Crippen LogP contribution is -2.32. The second-order valence-corrected chi connectivity index (χ2v) is 7.25. The van der Waals surface area contributed by atoms with Crippen LogP contribution in [0, 0.1) is 0 Å². The molecule has 0 aromatic carbocycles. The number of nitrogens with zero attached hydrogens (tertiary/aromatic N) is 3. The quantitative estimate of drug-likeness (QED) is 0.736. The maximum absolute atomic E-state index is 6.16. The van der Waals surface area contributed by atoms with Crippen LogP contribution < -0.4 is 0 Å². The minimum absolute atomic E-state index is 0.576. The van der Waals surface area contributed by atoms with Crippen molar-refractivity contribution in [2.75, 3.05) is 13.1 Å². The van der Waals surface area contributed by atoms with Gasteiger partial charge in [-0.3, -0.25) is 4.90 Å². The van der Waals surface area contributed by atoms with Crippen molar-refractivity contribution in [3.05, 3.63) is 46.6 Å². The molecule has 1 aliphatic heterocycles. The van der Waals surface area contributed by atoms with Crippen LogP contribution in [0.25, 0.3) is 10.1 Å². The van der Waals surface area contributed by atoms with E-state index >= 15 is 0 Å². The molecule has 1 saturated heterocycles. The van der Waals surface area contributed by atoms with Gasteiger partial charge in [0.05, 0.1) is 4.70 Å². The lowest BCUT2D eigenvalue weighted by molar-refractivity contribution is 0.203. The molecule has 1 fully saturated rings. The Morgan fingerprint density at radius 2 is 2.14 bits per heavy atom. The predicted octanol–water partition coefficient (Wildman–Crippen LogP) is 4.05. The van der Waals surface area contributed by atoms with Gasteiger partial charge >= 0.3 is 0 Å². The molecule has 0 bridgehead atoms. The summed E-state index contributed by atoms with van der Waals surface area (Å²) >= 11 is 7.93. The molecular formula is C16H17ClN4S. The van der Waals surface area contributed by atoms with Crippen LogP contribution in [0.4, 0.5) is 0 Å². The molecule has 4 rings (SSSR count). The normalized spacial score (nSPS) is 17.3. The average molecular weight is 333 g/mol. The molecule has 1 N–H and O–H groups in total. The Bertz CT molecular complexity index is 760. The van der Waals surface area contributed by atoms with Crippen LogP contribution in [0.1, 0.15) is 29.5 Å². The fourth-order valence-electron chi connectivity index (χ4n) is 3.15. The van der Waals surface area contributed by atoms with E-state index in [2.05, 4.69) is 25.9 Å². The smallest absolute Gasteiger partial charge is 0.146 e. The molecule has 0 amide bonds. The van der Waals surface area contributed by atoms with Crippen molar-refractivity contribution in [2.45, 2.75) is 25.3 Å². The monoisotopic (exact) mass is 332 g/mol. The van der Waals surface area contributed by atoms with E-state index in [1.54, 1.807) is 17.5 Å². The number of halogens is 1. The molecule has 22 heavy (non-hydrogen) atoms. The third-order valence-corrected chi connectivity index (χ3v) is 5.86. The number of thiophene rings is 1. The number of likely N-dealkylation sites (tertiary alicyclic amines) is 1. The Morgan fingerprint density at radius 1 is 1.27 bits per heavy atom. The summed E-state index contributed by atoms with van der Waals surface area (Å²) in [5.41, 5.74) is 0. The summed E-state index contributed by atoms with van der Waals surface area (Å²) in [6.07, 6.45) is 7.87. The molecule has 114 valence electrons. The minimum Gasteiger partial charge on any atom is -0.348 e. The van der Waals surface area contributed by atoms with Gasteiger partial charge < -0.3 is 4.98 Å². The summed E-state index contributed by atoms with van der Waals surface area (Å²) < 4.78 is 1.10. The number of H-pyrrole nitrogens is 1. The first-order chi connectivity index (χ1) is 10.8. The number of pyridine rings is 1. The molecule has 0 saturated carbocycles. The first-order valence-electron chi connectivity index (χ1n) is 7.54. The zero-order chi connectivity index (χ0) is 14.9. The van der Waals surface area contributed by atoms with Gasteiger partial charge in [0.25, 0.3) is 0 Å². The van der Waals surface area contributed by atoms with E-state index < -0.39 is 0 Å². The molecule has 3 aromatic heterocycles. The van der Waals surface area contributed by atoms with Crippen molar-refractivity contribution in [2.24, 2.45) is 0 Å². The molecule has 0 atom stereocenters. The standard InChI is InChI=1S/C16H17ClN4S/c17-15-14-12(1-4-18-15)9-13(22-14)10-21-7-2-11(3-8-21)16-19-5-6-20-16/h1,4-6,9,11H,2-3,7-8,10H2,(H,19,20). The third-order valence-electron chi connectivity index (χ3n) is 4.31. The predicted molar refractivity (Wildman–Crippen MR) is 90.5 cm³/mol. The Balaban J connectivity index is 1.42. The van der Waals surface area contributed by atoms with Gasteiger partial charge in [-0.25, -0.2) is 9.97 Å². The van der Waals surface area contributed by atoms with Gasteiger partial charge in [-0.2, -0.15) is 0 Å². The highest BCUT2D eigenvalue weighted by Gasteiger charge is 2.22. The molecule has 0 unspecified atom stereocenters. The Morgan fingerprint density at radius 3 is 2.86 bits per heavy atom. The van der Waals surface area contributed by atoms with Gasteiger partial charge in [0.1, 0.15) is 11.0 Å². The van der Waals surface area contributed by atoms with E-state index in [9.17, 15) is 0 Å². The van der Waals surface area contributed by atoms with E-state index in [-0.39, 0.29) is 0 Å². The number of nitrogens with one attached hydrogen (secondary N) is 1. The van der Waals surface area contributed by atoms with Gasteiger partial charge in [-0.05, 0) is 43.5 Å². The summed E-state index contributed by atoms with van der Waals surface area (Å²) in [6, 6.07) is 4.27.